The molecule has 0 aliphatic carbocycles. The number of amides is 1. The second-order valence-corrected chi connectivity index (χ2v) is 6.11. The molecule has 0 aromatic rings. The molecule has 0 aromatic carbocycles. The average Bonchev–Trinajstić information content (AvgIpc) is 1.97. The highest BCUT2D eigenvalue weighted by Gasteiger charge is 2.25. The highest BCUT2D eigenvalue weighted by molar-refractivity contribution is 5.77. The Morgan fingerprint density at radius 2 is 1.73 bits per heavy atom. The standard InChI is InChI=1S/C12H25NO2/c1-11(2,3)8-12(4,5)9-13-10(14)7-15-6/h7-9H2,1-6H3,(H,13,14). The van der Waals surface area contributed by atoms with Gasteiger partial charge in [-0.2, -0.15) is 0 Å². The molecule has 0 saturated carbocycles. The van der Waals surface area contributed by atoms with Gasteiger partial charge in [-0.25, -0.2) is 0 Å². The van der Waals surface area contributed by atoms with Crippen molar-refractivity contribution in [3.63, 3.8) is 0 Å². The molecule has 0 aromatic heterocycles. The van der Waals surface area contributed by atoms with Gasteiger partial charge in [0, 0.05) is 13.7 Å². The van der Waals surface area contributed by atoms with Crippen molar-refractivity contribution in [1.29, 1.82) is 0 Å². The molecule has 0 heterocycles. The molecule has 0 saturated heterocycles. The molecule has 0 atom stereocenters. The molecule has 0 unspecified atom stereocenters. The fourth-order valence-electron chi connectivity index (χ4n) is 2.02. The van der Waals surface area contributed by atoms with Gasteiger partial charge < -0.3 is 10.1 Å². The first-order valence-electron chi connectivity index (χ1n) is 5.42. The van der Waals surface area contributed by atoms with Gasteiger partial charge in [0.05, 0.1) is 0 Å². The Hall–Kier alpha value is -0.570. The smallest absolute Gasteiger partial charge is 0.246 e. The maximum Gasteiger partial charge on any atom is 0.246 e. The summed E-state index contributed by atoms with van der Waals surface area (Å²) in [4.78, 5) is 11.2. The van der Waals surface area contributed by atoms with Crippen molar-refractivity contribution >= 4 is 5.91 Å². The molecule has 0 aliphatic rings. The Morgan fingerprint density at radius 3 is 2.13 bits per heavy atom. The summed E-state index contributed by atoms with van der Waals surface area (Å²) >= 11 is 0. The maximum absolute atomic E-state index is 11.2. The molecular formula is C12H25NO2. The van der Waals surface area contributed by atoms with E-state index >= 15 is 0 Å². The summed E-state index contributed by atoms with van der Waals surface area (Å²) in [5.74, 6) is -0.0421. The van der Waals surface area contributed by atoms with Crippen molar-refractivity contribution in [2.45, 2.75) is 41.0 Å². The Labute approximate surface area is 93.6 Å². The highest BCUT2D eigenvalue weighted by Crippen LogP contribution is 2.32. The molecular weight excluding hydrogens is 190 g/mol. The van der Waals surface area contributed by atoms with Crippen LogP contribution in [0.2, 0.25) is 0 Å². The third-order valence-electron chi connectivity index (χ3n) is 2.05. The van der Waals surface area contributed by atoms with Crippen LogP contribution in [0.1, 0.15) is 41.0 Å². The lowest BCUT2D eigenvalue weighted by atomic mass is 9.76. The van der Waals surface area contributed by atoms with Gasteiger partial charge in [-0.05, 0) is 17.3 Å². The normalized spacial score (nSPS) is 12.7. The molecule has 3 nitrogen and oxygen atoms in total. The van der Waals surface area contributed by atoms with Crippen LogP contribution in [0.15, 0.2) is 0 Å². The molecule has 0 bridgehead atoms. The van der Waals surface area contributed by atoms with E-state index in [-0.39, 0.29) is 23.3 Å². The first-order chi connectivity index (χ1) is 6.66. The van der Waals surface area contributed by atoms with Crippen LogP contribution >= 0.6 is 0 Å². The number of methoxy groups -OCH3 is 1. The Balaban J connectivity index is 3.99. The number of ether oxygens (including phenoxy) is 1. The summed E-state index contributed by atoms with van der Waals surface area (Å²) in [6.45, 7) is 11.8. The molecule has 0 rings (SSSR count). The van der Waals surface area contributed by atoms with Gasteiger partial charge in [0.25, 0.3) is 0 Å². The van der Waals surface area contributed by atoms with Gasteiger partial charge in [0.1, 0.15) is 6.61 Å². The third kappa shape index (κ3) is 8.43. The highest BCUT2D eigenvalue weighted by atomic mass is 16.5. The summed E-state index contributed by atoms with van der Waals surface area (Å²) in [7, 11) is 1.53. The Bertz CT molecular complexity index is 204. The van der Waals surface area contributed by atoms with Gasteiger partial charge in [-0.1, -0.05) is 34.6 Å². The summed E-state index contributed by atoms with van der Waals surface area (Å²) in [6, 6.07) is 0. The van der Waals surface area contributed by atoms with Crippen LogP contribution in [-0.4, -0.2) is 26.2 Å². The fourth-order valence-corrected chi connectivity index (χ4v) is 2.02. The second kappa shape index (κ2) is 5.50. The molecule has 3 heteroatoms. The van der Waals surface area contributed by atoms with Gasteiger partial charge in [0.15, 0.2) is 0 Å². The zero-order valence-corrected chi connectivity index (χ0v) is 10.9. The summed E-state index contributed by atoms with van der Waals surface area (Å²) in [6.07, 6.45) is 1.08. The van der Waals surface area contributed by atoms with E-state index in [1.807, 2.05) is 0 Å². The summed E-state index contributed by atoms with van der Waals surface area (Å²) in [5.41, 5.74) is 0.414. The maximum atomic E-state index is 11.2. The molecule has 1 amide bonds. The summed E-state index contributed by atoms with van der Waals surface area (Å²) in [5, 5.41) is 2.88. The third-order valence-corrected chi connectivity index (χ3v) is 2.05. The number of carbonyl (C=O) groups is 1. The van der Waals surface area contributed by atoms with E-state index in [4.69, 9.17) is 4.74 Å². The van der Waals surface area contributed by atoms with Crippen molar-refractivity contribution in [3.05, 3.63) is 0 Å². The predicted octanol–water partition coefficient (Wildman–Crippen LogP) is 2.21. The number of rotatable bonds is 5. The lowest BCUT2D eigenvalue weighted by molar-refractivity contribution is -0.125. The fraction of sp³-hybridized carbons (Fsp3) is 0.917. The van der Waals surface area contributed by atoms with E-state index in [1.54, 1.807) is 0 Å². The lowest BCUT2D eigenvalue weighted by Crippen LogP contribution is -2.37. The van der Waals surface area contributed by atoms with E-state index in [0.717, 1.165) is 6.42 Å². The van der Waals surface area contributed by atoms with Crippen LogP contribution in [0, 0.1) is 10.8 Å². The molecule has 0 fully saturated rings. The van der Waals surface area contributed by atoms with Crippen molar-refractivity contribution in [2.75, 3.05) is 20.3 Å². The first kappa shape index (κ1) is 14.4. The van der Waals surface area contributed by atoms with Crippen molar-refractivity contribution in [2.24, 2.45) is 10.8 Å². The molecule has 90 valence electrons. The van der Waals surface area contributed by atoms with E-state index in [9.17, 15) is 4.79 Å². The predicted molar refractivity (Wildman–Crippen MR) is 62.7 cm³/mol. The minimum absolute atomic E-state index is 0.0421. The number of nitrogens with one attached hydrogen (secondary N) is 1. The van der Waals surface area contributed by atoms with Crippen LogP contribution in [0.4, 0.5) is 0 Å². The topological polar surface area (TPSA) is 38.3 Å². The largest absolute Gasteiger partial charge is 0.375 e. The lowest BCUT2D eigenvalue weighted by Gasteiger charge is -2.32. The van der Waals surface area contributed by atoms with E-state index in [1.165, 1.54) is 7.11 Å². The van der Waals surface area contributed by atoms with E-state index in [2.05, 4.69) is 39.9 Å². The summed E-state index contributed by atoms with van der Waals surface area (Å²) < 4.78 is 4.76. The van der Waals surface area contributed by atoms with Crippen LogP contribution in [0.25, 0.3) is 0 Å². The molecule has 0 aliphatic heterocycles. The average molecular weight is 215 g/mol. The monoisotopic (exact) mass is 215 g/mol. The SMILES string of the molecule is COCC(=O)NCC(C)(C)CC(C)(C)C. The minimum Gasteiger partial charge on any atom is -0.375 e. The first-order valence-corrected chi connectivity index (χ1v) is 5.42. The van der Waals surface area contributed by atoms with Crippen LogP contribution in [-0.2, 0) is 9.53 Å². The van der Waals surface area contributed by atoms with Crippen LogP contribution < -0.4 is 5.32 Å². The van der Waals surface area contributed by atoms with Gasteiger partial charge >= 0.3 is 0 Å². The molecule has 1 N–H and O–H groups in total. The Morgan fingerprint density at radius 1 is 1.20 bits per heavy atom. The van der Waals surface area contributed by atoms with Crippen LogP contribution in [0.5, 0.6) is 0 Å². The minimum atomic E-state index is -0.0421. The Kier molecular flexibility index (Phi) is 5.29. The number of hydrogen-bond acceptors (Lipinski definition) is 2. The number of hydrogen-bond donors (Lipinski definition) is 1. The zero-order chi connectivity index (χ0) is 12.1. The van der Waals surface area contributed by atoms with Gasteiger partial charge in [0.2, 0.25) is 5.91 Å². The molecule has 0 radical (unpaired) electrons. The van der Waals surface area contributed by atoms with Gasteiger partial charge in [-0.15, -0.1) is 0 Å². The van der Waals surface area contributed by atoms with Gasteiger partial charge in [-0.3, -0.25) is 4.79 Å². The quantitative estimate of drug-likeness (QED) is 0.763. The van der Waals surface area contributed by atoms with E-state index < -0.39 is 0 Å². The van der Waals surface area contributed by atoms with Crippen molar-refractivity contribution in [1.82, 2.24) is 5.32 Å². The second-order valence-electron chi connectivity index (χ2n) is 6.11. The van der Waals surface area contributed by atoms with E-state index in [0.29, 0.717) is 6.54 Å². The molecule has 15 heavy (non-hydrogen) atoms. The van der Waals surface area contributed by atoms with Crippen molar-refractivity contribution < 1.29 is 9.53 Å². The van der Waals surface area contributed by atoms with Crippen molar-refractivity contribution in [3.8, 4) is 0 Å². The number of carbonyl (C=O) groups excluding carboxylic acids is 1. The molecule has 0 spiro atoms. The zero-order valence-electron chi connectivity index (χ0n) is 10.9. The van der Waals surface area contributed by atoms with Crippen LogP contribution in [0.3, 0.4) is 0 Å².